The quantitative estimate of drug-likeness (QED) is 0.294. The van der Waals surface area contributed by atoms with Crippen LogP contribution in [0.25, 0.3) is 16.7 Å². The number of imidazole rings is 1. The number of nitriles is 1. The minimum Gasteiger partial charge on any atom is -0.293 e. The fourth-order valence-corrected chi connectivity index (χ4v) is 4.81. The van der Waals surface area contributed by atoms with Crippen molar-refractivity contribution in [3.63, 3.8) is 0 Å². The van der Waals surface area contributed by atoms with E-state index < -0.39 is 0 Å². The van der Waals surface area contributed by atoms with Crippen molar-refractivity contribution in [3.05, 3.63) is 76.9 Å². The molecule has 0 unspecified atom stereocenters. The van der Waals surface area contributed by atoms with Crippen molar-refractivity contribution in [2.75, 3.05) is 0 Å². The molecule has 0 bridgehead atoms. The summed E-state index contributed by atoms with van der Waals surface area (Å²) in [4.78, 5) is 17.8. The number of hydrogen-bond donors (Lipinski definition) is 0. The van der Waals surface area contributed by atoms with Crippen LogP contribution in [0.5, 0.6) is 0 Å². The number of benzene rings is 2. The highest BCUT2D eigenvalue weighted by atomic mass is 32.2. The molecule has 4 nitrogen and oxygen atoms in total. The van der Waals surface area contributed by atoms with Gasteiger partial charge >= 0.3 is 0 Å². The summed E-state index contributed by atoms with van der Waals surface area (Å²) in [6.07, 6.45) is 1.69. The molecule has 0 fully saturated rings. The average molecular weight is 414 g/mol. The van der Waals surface area contributed by atoms with Gasteiger partial charge in [-0.25, -0.2) is 4.98 Å². The maximum Gasteiger partial charge on any atom is 0.175 e. The lowest BCUT2D eigenvalue weighted by Crippen LogP contribution is -2.14. The predicted molar refractivity (Wildman–Crippen MR) is 122 cm³/mol. The summed E-state index contributed by atoms with van der Waals surface area (Å²) in [6, 6.07) is 20.1. The number of carbonyl (C=O) groups is 1. The summed E-state index contributed by atoms with van der Waals surface area (Å²) in [6.45, 7) is 6.08. The molecular weight excluding hydrogens is 390 g/mol. The lowest BCUT2D eigenvalue weighted by Gasteiger charge is -2.15. The van der Waals surface area contributed by atoms with Crippen LogP contribution in [0.3, 0.4) is 0 Å². The molecule has 0 radical (unpaired) electrons. The highest BCUT2D eigenvalue weighted by molar-refractivity contribution is 8.00. The van der Waals surface area contributed by atoms with Crippen molar-refractivity contribution in [1.82, 2.24) is 9.38 Å². The smallest absolute Gasteiger partial charge is 0.175 e. The van der Waals surface area contributed by atoms with Crippen LogP contribution < -0.4 is 0 Å². The number of hydrogen-bond acceptors (Lipinski definition) is 4. The van der Waals surface area contributed by atoms with Crippen LogP contribution in [0.15, 0.2) is 59.6 Å². The van der Waals surface area contributed by atoms with Gasteiger partial charge in [0, 0.05) is 5.56 Å². The van der Waals surface area contributed by atoms with E-state index in [9.17, 15) is 10.1 Å². The summed E-state index contributed by atoms with van der Waals surface area (Å²) in [7, 11) is 0. The van der Waals surface area contributed by atoms with E-state index in [4.69, 9.17) is 4.98 Å². The Kier molecular flexibility index (Phi) is 5.61. The molecule has 0 aliphatic rings. The Morgan fingerprint density at radius 3 is 2.53 bits per heavy atom. The van der Waals surface area contributed by atoms with Crippen LogP contribution >= 0.6 is 11.8 Å². The van der Waals surface area contributed by atoms with Crippen LogP contribution in [0, 0.1) is 11.3 Å². The Hall–Kier alpha value is -3.10. The highest BCUT2D eigenvalue weighted by Crippen LogP contribution is 2.33. The number of aromatic nitrogens is 2. The van der Waals surface area contributed by atoms with Gasteiger partial charge in [0.05, 0.1) is 26.9 Å². The zero-order valence-corrected chi connectivity index (χ0v) is 18.2. The van der Waals surface area contributed by atoms with Crippen molar-refractivity contribution in [3.8, 4) is 6.07 Å². The van der Waals surface area contributed by atoms with Gasteiger partial charge in [-0.05, 0) is 49.1 Å². The molecule has 4 aromatic rings. The summed E-state index contributed by atoms with van der Waals surface area (Å²) >= 11 is 1.52. The van der Waals surface area contributed by atoms with Crippen molar-refractivity contribution in [2.24, 2.45) is 0 Å². The van der Waals surface area contributed by atoms with Crippen molar-refractivity contribution < 1.29 is 4.79 Å². The van der Waals surface area contributed by atoms with E-state index in [0.717, 1.165) is 40.0 Å². The molecule has 0 aliphatic heterocycles. The van der Waals surface area contributed by atoms with Gasteiger partial charge in [0.25, 0.3) is 0 Å². The average Bonchev–Trinajstić information content (AvgIpc) is 3.18. The first kappa shape index (κ1) is 20.2. The summed E-state index contributed by atoms with van der Waals surface area (Å²) in [5, 5.41) is 10.4. The van der Waals surface area contributed by atoms with Gasteiger partial charge in [0.1, 0.15) is 6.07 Å². The minimum atomic E-state index is -0.264. The number of thioether (sulfide) groups is 1. The van der Waals surface area contributed by atoms with Crippen molar-refractivity contribution in [1.29, 1.82) is 5.26 Å². The van der Waals surface area contributed by atoms with Crippen LogP contribution in [-0.4, -0.2) is 20.4 Å². The van der Waals surface area contributed by atoms with Crippen LogP contribution in [0.1, 0.15) is 47.8 Å². The van der Waals surface area contributed by atoms with Crippen LogP contribution in [0.2, 0.25) is 0 Å². The molecule has 0 amide bonds. The Balaban J connectivity index is 1.79. The molecule has 0 saturated heterocycles. The third kappa shape index (κ3) is 3.48. The third-order valence-electron chi connectivity index (χ3n) is 5.43. The molecule has 30 heavy (non-hydrogen) atoms. The second-order valence-corrected chi connectivity index (χ2v) is 8.64. The Morgan fingerprint density at radius 1 is 1.13 bits per heavy atom. The maximum atomic E-state index is 13.1. The molecular formula is C25H23N3OS. The molecule has 4 rings (SSSR count). The number of ketones is 1. The Morgan fingerprint density at radius 2 is 1.87 bits per heavy atom. The lowest BCUT2D eigenvalue weighted by molar-refractivity contribution is 0.0994. The number of nitrogens with zero attached hydrogens (tertiary/aromatic N) is 3. The number of rotatable bonds is 6. The van der Waals surface area contributed by atoms with Gasteiger partial charge < -0.3 is 0 Å². The Bertz CT molecular complexity index is 1280. The van der Waals surface area contributed by atoms with Gasteiger partial charge in [0.2, 0.25) is 0 Å². The van der Waals surface area contributed by atoms with Crippen LogP contribution in [0.4, 0.5) is 0 Å². The third-order valence-corrected chi connectivity index (χ3v) is 6.54. The number of fused-ring (bicyclic) bond motifs is 3. The van der Waals surface area contributed by atoms with Gasteiger partial charge in [-0.2, -0.15) is 5.26 Å². The van der Waals surface area contributed by atoms with E-state index in [2.05, 4.69) is 13.0 Å². The normalized spacial score (nSPS) is 12.2. The zero-order valence-electron chi connectivity index (χ0n) is 17.3. The van der Waals surface area contributed by atoms with Crippen molar-refractivity contribution in [2.45, 2.75) is 43.9 Å². The van der Waals surface area contributed by atoms with E-state index in [-0.39, 0.29) is 11.0 Å². The largest absolute Gasteiger partial charge is 0.293 e. The maximum absolute atomic E-state index is 13.1. The van der Waals surface area contributed by atoms with Crippen LogP contribution in [-0.2, 0) is 12.8 Å². The van der Waals surface area contributed by atoms with E-state index in [1.165, 1.54) is 17.3 Å². The summed E-state index contributed by atoms with van der Waals surface area (Å²) in [5.41, 5.74) is 5.95. The summed E-state index contributed by atoms with van der Waals surface area (Å²) < 4.78 is 2.02. The molecule has 0 spiro atoms. The highest BCUT2D eigenvalue weighted by Gasteiger charge is 2.21. The number of aryl methyl sites for hydroxylation is 2. The van der Waals surface area contributed by atoms with Gasteiger partial charge in [-0.1, -0.05) is 62.0 Å². The standard InChI is InChI=1S/C25H23N3OS/c1-4-17-10-12-19(13-11-17)24(29)16(3)30-23-14-18(5-2)20(15-26)25-27-21-8-6-7-9-22(21)28(23)25/h6-14,16H,4-5H2,1-3H3/t16-/m1/s1. The van der Waals surface area contributed by atoms with Crippen molar-refractivity contribution >= 4 is 34.2 Å². The monoisotopic (exact) mass is 413 g/mol. The molecule has 2 aromatic carbocycles. The number of pyridine rings is 1. The zero-order chi connectivity index (χ0) is 21.3. The molecule has 5 heteroatoms. The van der Waals surface area contributed by atoms with E-state index in [0.29, 0.717) is 11.2 Å². The number of para-hydroxylation sites is 2. The number of Topliss-reactive ketones (excluding diaryl/α,β-unsaturated/α-hetero) is 1. The second-order valence-electron chi connectivity index (χ2n) is 7.28. The molecule has 0 aliphatic carbocycles. The van der Waals surface area contributed by atoms with E-state index in [1.807, 2.05) is 72.8 Å². The Labute approximate surface area is 180 Å². The SMILES string of the molecule is CCc1ccc(C(=O)[C@@H](C)Sc2cc(CC)c(C#N)c3nc4ccccc4n23)cc1. The fourth-order valence-electron chi connectivity index (χ4n) is 3.71. The lowest BCUT2D eigenvalue weighted by atomic mass is 10.1. The number of carbonyl (C=O) groups excluding carboxylic acids is 1. The summed E-state index contributed by atoms with van der Waals surface area (Å²) in [5.74, 6) is 0.0997. The molecule has 0 saturated carbocycles. The molecule has 150 valence electrons. The van der Waals surface area contributed by atoms with E-state index >= 15 is 0 Å². The van der Waals surface area contributed by atoms with Gasteiger partial charge in [-0.3, -0.25) is 9.20 Å². The molecule has 1 atom stereocenters. The first-order valence-electron chi connectivity index (χ1n) is 10.2. The first-order chi connectivity index (χ1) is 14.6. The van der Waals surface area contributed by atoms with Gasteiger partial charge in [0.15, 0.2) is 11.4 Å². The molecule has 0 N–H and O–H groups in total. The topological polar surface area (TPSA) is 58.2 Å². The van der Waals surface area contributed by atoms with Gasteiger partial charge in [-0.15, -0.1) is 0 Å². The molecule has 2 heterocycles. The predicted octanol–water partition coefficient (Wildman–Crippen LogP) is 5.85. The fraction of sp³-hybridized carbons (Fsp3) is 0.240. The molecule has 2 aromatic heterocycles. The minimum absolute atomic E-state index is 0.0997. The second kappa shape index (κ2) is 8.33. The first-order valence-corrected chi connectivity index (χ1v) is 11.1. The van der Waals surface area contributed by atoms with E-state index in [1.54, 1.807) is 0 Å².